The Morgan fingerprint density at radius 3 is 2.23 bits per heavy atom. The molecule has 3 aromatic rings. The average Bonchev–Trinajstić information content (AvgIpc) is 2.74. The molecule has 0 radical (unpaired) electrons. The van der Waals surface area contributed by atoms with Gasteiger partial charge in [0, 0.05) is 6.07 Å². The molecule has 0 amide bonds. The van der Waals surface area contributed by atoms with Gasteiger partial charge in [0.2, 0.25) is 5.43 Å². The van der Waals surface area contributed by atoms with Crippen molar-refractivity contribution in [2.75, 3.05) is 6.61 Å². The molecule has 0 spiro atoms. The van der Waals surface area contributed by atoms with Crippen LogP contribution < -0.4 is 5.43 Å². The van der Waals surface area contributed by atoms with Gasteiger partial charge >= 0.3 is 0 Å². The number of aromatic hydroxyl groups is 3. The first-order chi connectivity index (χ1) is 14.7. The van der Waals surface area contributed by atoms with Gasteiger partial charge in [0.05, 0.1) is 17.7 Å². The highest BCUT2D eigenvalue weighted by Gasteiger charge is 2.46. The predicted molar refractivity (Wildman–Crippen MR) is 106 cm³/mol. The summed E-state index contributed by atoms with van der Waals surface area (Å²) >= 11 is 0. The van der Waals surface area contributed by atoms with Crippen LogP contribution in [0.25, 0.3) is 22.1 Å². The van der Waals surface area contributed by atoms with Crippen LogP contribution in [-0.2, 0) is 4.74 Å². The van der Waals surface area contributed by atoms with Crippen LogP contribution >= 0.6 is 0 Å². The fourth-order valence-corrected chi connectivity index (χ4v) is 3.75. The summed E-state index contributed by atoms with van der Waals surface area (Å²) in [5.74, 6) is -1.18. The number of fused-ring (bicyclic) bond motifs is 1. The van der Waals surface area contributed by atoms with Gasteiger partial charge in [-0.25, -0.2) is 0 Å². The van der Waals surface area contributed by atoms with Crippen LogP contribution in [0.5, 0.6) is 17.2 Å². The van der Waals surface area contributed by atoms with Crippen molar-refractivity contribution in [3.8, 4) is 28.4 Å². The topological polar surface area (TPSA) is 181 Å². The van der Waals surface area contributed by atoms with Gasteiger partial charge in [0.15, 0.2) is 5.58 Å². The number of hydrogen-bond acceptors (Lipinski definition) is 10. The fourth-order valence-electron chi connectivity index (χ4n) is 3.75. The highest BCUT2D eigenvalue weighted by atomic mass is 16.5. The van der Waals surface area contributed by atoms with Crippen molar-refractivity contribution >= 4 is 11.0 Å². The second kappa shape index (κ2) is 7.84. The summed E-state index contributed by atoms with van der Waals surface area (Å²) in [4.78, 5) is 13.1. The molecule has 2 heterocycles. The minimum Gasteiger partial charge on any atom is -0.508 e. The highest BCUT2D eigenvalue weighted by molar-refractivity contribution is 5.91. The zero-order valence-corrected chi connectivity index (χ0v) is 15.9. The second-order valence-corrected chi connectivity index (χ2v) is 7.31. The van der Waals surface area contributed by atoms with Gasteiger partial charge in [0.25, 0.3) is 0 Å². The Morgan fingerprint density at radius 2 is 1.58 bits per heavy atom. The van der Waals surface area contributed by atoms with E-state index in [2.05, 4.69) is 0 Å². The van der Waals surface area contributed by atoms with Crippen molar-refractivity contribution in [3.63, 3.8) is 0 Å². The molecular formula is C21H20O10. The van der Waals surface area contributed by atoms with Crippen LogP contribution in [0.15, 0.2) is 45.8 Å². The summed E-state index contributed by atoms with van der Waals surface area (Å²) < 4.78 is 11.0. The van der Waals surface area contributed by atoms with Gasteiger partial charge in [-0.15, -0.1) is 0 Å². The lowest BCUT2D eigenvalue weighted by Crippen LogP contribution is -2.55. The molecule has 1 aliphatic rings. The number of rotatable bonds is 3. The second-order valence-electron chi connectivity index (χ2n) is 7.31. The van der Waals surface area contributed by atoms with E-state index < -0.39 is 54.1 Å². The number of aliphatic hydroxyl groups is 4. The van der Waals surface area contributed by atoms with E-state index in [0.29, 0.717) is 5.56 Å². The molecule has 164 valence electrons. The SMILES string of the molecule is O=c1c(-c2ccc(O)cc2)coc2c([C@H]3O[C@H](CO)[C@@H](O)[C@H](O)[C@@H]3O)c(O)cc(O)c12. The number of phenols is 3. The Labute approximate surface area is 174 Å². The third-order valence-corrected chi connectivity index (χ3v) is 5.40. The van der Waals surface area contributed by atoms with E-state index in [1.807, 2.05) is 0 Å². The number of ether oxygens (including phenoxy) is 1. The molecule has 1 fully saturated rings. The maximum Gasteiger partial charge on any atom is 0.204 e. The molecule has 0 aliphatic carbocycles. The van der Waals surface area contributed by atoms with Crippen LogP contribution in [0, 0.1) is 0 Å². The Bertz CT molecular complexity index is 1170. The molecule has 4 rings (SSSR count). The summed E-state index contributed by atoms with van der Waals surface area (Å²) in [7, 11) is 0. The molecule has 7 N–H and O–H groups in total. The lowest BCUT2D eigenvalue weighted by Gasteiger charge is -2.40. The van der Waals surface area contributed by atoms with Crippen molar-refractivity contribution < 1.29 is 44.9 Å². The van der Waals surface area contributed by atoms with Gasteiger partial charge in [-0.1, -0.05) is 12.1 Å². The molecule has 31 heavy (non-hydrogen) atoms. The third kappa shape index (κ3) is 3.40. The first kappa shape index (κ1) is 21.1. The summed E-state index contributed by atoms with van der Waals surface area (Å²) in [6.07, 6.45) is -6.73. The van der Waals surface area contributed by atoms with Gasteiger partial charge in [0.1, 0.15) is 59.4 Å². The first-order valence-corrected chi connectivity index (χ1v) is 9.34. The molecule has 0 saturated carbocycles. The van der Waals surface area contributed by atoms with E-state index in [-0.39, 0.29) is 27.8 Å². The molecular weight excluding hydrogens is 412 g/mol. The van der Waals surface area contributed by atoms with E-state index in [0.717, 1.165) is 12.3 Å². The molecule has 2 aromatic carbocycles. The van der Waals surface area contributed by atoms with Crippen LogP contribution in [0.4, 0.5) is 0 Å². The summed E-state index contributed by atoms with van der Waals surface area (Å²) in [5, 5.41) is 69.8. The van der Waals surface area contributed by atoms with E-state index in [1.54, 1.807) is 0 Å². The molecule has 1 aromatic heterocycles. The number of benzene rings is 2. The quantitative estimate of drug-likeness (QED) is 0.300. The molecule has 0 bridgehead atoms. The highest BCUT2D eigenvalue weighted by Crippen LogP contribution is 2.43. The van der Waals surface area contributed by atoms with Crippen molar-refractivity contribution in [2.45, 2.75) is 30.5 Å². The van der Waals surface area contributed by atoms with Crippen LogP contribution in [-0.4, -0.2) is 66.8 Å². The average molecular weight is 432 g/mol. The monoisotopic (exact) mass is 432 g/mol. The van der Waals surface area contributed by atoms with Crippen LogP contribution in [0.1, 0.15) is 11.7 Å². The Morgan fingerprint density at radius 1 is 0.903 bits per heavy atom. The van der Waals surface area contributed by atoms with Crippen molar-refractivity contribution in [1.29, 1.82) is 0 Å². The number of phenolic OH excluding ortho intramolecular Hbond substituents is 3. The molecule has 10 heteroatoms. The summed E-state index contributed by atoms with van der Waals surface area (Å²) in [5.41, 5.74) is -0.729. The zero-order chi connectivity index (χ0) is 22.4. The minimum atomic E-state index is -1.74. The standard InChI is InChI=1S/C21H20O10/c22-6-13-17(27)18(28)19(29)21(31-13)15-12(25)5-11(24)14-16(26)10(7-30-20(14)15)8-1-3-9(23)4-2-8/h1-5,7,13,17-19,21-25,27-29H,6H2/t13-,17-,18+,19+,21-/m1/s1. The lowest BCUT2D eigenvalue weighted by atomic mass is 9.89. The minimum absolute atomic E-state index is 0.00778. The normalized spacial score (nSPS) is 26.3. The number of aliphatic hydroxyl groups excluding tert-OH is 4. The van der Waals surface area contributed by atoms with E-state index >= 15 is 0 Å². The van der Waals surface area contributed by atoms with Crippen LogP contribution in [0.2, 0.25) is 0 Å². The Hall–Kier alpha value is -3.15. The third-order valence-electron chi connectivity index (χ3n) is 5.40. The summed E-state index contributed by atoms with van der Waals surface area (Å²) in [6.45, 7) is -0.687. The molecule has 10 nitrogen and oxygen atoms in total. The van der Waals surface area contributed by atoms with Crippen molar-refractivity contribution in [2.24, 2.45) is 0 Å². The maximum atomic E-state index is 13.1. The first-order valence-electron chi connectivity index (χ1n) is 9.34. The lowest BCUT2D eigenvalue weighted by molar-refractivity contribution is -0.231. The van der Waals surface area contributed by atoms with Gasteiger partial charge in [-0.3, -0.25) is 4.79 Å². The predicted octanol–water partition coefficient (Wildman–Crippen LogP) is 0.0917. The van der Waals surface area contributed by atoms with Crippen molar-refractivity contribution in [1.82, 2.24) is 0 Å². The van der Waals surface area contributed by atoms with Gasteiger partial charge in [-0.2, -0.15) is 0 Å². The molecule has 1 saturated heterocycles. The molecule has 0 unspecified atom stereocenters. The largest absolute Gasteiger partial charge is 0.508 e. The Kier molecular flexibility index (Phi) is 5.33. The molecule has 1 aliphatic heterocycles. The molecule has 5 atom stereocenters. The zero-order valence-electron chi connectivity index (χ0n) is 15.9. The smallest absolute Gasteiger partial charge is 0.204 e. The summed E-state index contributed by atoms with van der Waals surface area (Å²) in [6, 6.07) is 6.56. The van der Waals surface area contributed by atoms with Crippen LogP contribution in [0.3, 0.4) is 0 Å². The van der Waals surface area contributed by atoms with E-state index in [1.165, 1.54) is 24.3 Å². The van der Waals surface area contributed by atoms with E-state index in [4.69, 9.17) is 9.15 Å². The van der Waals surface area contributed by atoms with Gasteiger partial charge in [-0.05, 0) is 17.7 Å². The van der Waals surface area contributed by atoms with Gasteiger partial charge < -0.3 is 44.9 Å². The maximum absolute atomic E-state index is 13.1. The number of hydrogen-bond donors (Lipinski definition) is 7. The van der Waals surface area contributed by atoms with Crippen molar-refractivity contribution in [3.05, 3.63) is 52.4 Å². The fraction of sp³-hybridized carbons (Fsp3) is 0.286. The Balaban J connectivity index is 1.92. The van der Waals surface area contributed by atoms with E-state index in [9.17, 15) is 40.5 Å².